The molecule has 3 atom stereocenters. The number of fused-ring (bicyclic) bond motifs is 3. The molecular weight excluding hydrogens is 583 g/mol. The number of nitrogen functional groups attached to an aromatic ring is 1. The lowest BCUT2D eigenvalue weighted by molar-refractivity contribution is -0.137. The Hall–Kier alpha value is -3.19. The fourth-order valence-electron chi connectivity index (χ4n) is 7.12. The number of ether oxygens (including phenoxy) is 2. The number of pyridine rings is 1. The van der Waals surface area contributed by atoms with E-state index in [1.54, 1.807) is 0 Å². The Morgan fingerprint density at radius 3 is 2.79 bits per heavy atom. The highest BCUT2D eigenvalue weighted by molar-refractivity contribution is 6.32. The standard InChI is InChI=1S/C28H28ClF5N6O2/c29-18-10-15(35)9-17(20(18)28(32,33)34)22-21(31)23-19-24(40-7-1-3-16(40)4-8-41-25(19)36-22)38-26(37-23)42-13-27-5-2-6-39(27)12-14(30)11-27/h9-10,14,16H,1-8,11-13,35H2/t14-,16-,27+/m1/s1. The first kappa shape index (κ1) is 27.6. The lowest BCUT2D eigenvalue weighted by Crippen LogP contribution is -2.43. The van der Waals surface area contributed by atoms with Gasteiger partial charge in [0.2, 0.25) is 5.88 Å². The Labute approximate surface area is 242 Å². The van der Waals surface area contributed by atoms with Gasteiger partial charge in [-0.2, -0.15) is 23.1 Å². The van der Waals surface area contributed by atoms with Crippen LogP contribution in [0.15, 0.2) is 12.1 Å². The molecule has 14 heteroatoms. The Morgan fingerprint density at radius 1 is 1.14 bits per heavy atom. The fourth-order valence-corrected chi connectivity index (χ4v) is 7.45. The minimum Gasteiger partial charge on any atom is -0.477 e. The van der Waals surface area contributed by atoms with Crippen LogP contribution < -0.4 is 20.1 Å². The van der Waals surface area contributed by atoms with E-state index in [1.165, 1.54) is 0 Å². The molecule has 0 amide bonds. The average Bonchev–Trinajstić information content (AvgIpc) is 3.60. The van der Waals surface area contributed by atoms with Gasteiger partial charge in [0, 0.05) is 43.2 Å². The fraction of sp³-hybridized carbons (Fsp3) is 0.536. The normalized spacial score (nSPS) is 25.7. The molecule has 1 aromatic carbocycles. The van der Waals surface area contributed by atoms with Crippen LogP contribution in [0.25, 0.3) is 22.2 Å². The van der Waals surface area contributed by atoms with E-state index in [2.05, 4.69) is 19.9 Å². The summed E-state index contributed by atoms with van der Waals surface area (Å²) in [6, 6.07) is 1.87. The van der Waals surface area contributed by atoms with Gasteiger partial charge in [-0.3, -0.25) is 4.90 Å². The molecule has 224 valence electrons. The van der Waals surface area contributed by atoms with Crippen molar-refractivity contribution in [3.63, 3.8) is 0 Å². The Balaban J connectivity index is 1.41. The van der Waals surface area contributed by atoms with Crippen molar-refractivity contribution in [1.29, 1.82) is 0 Å². The summed E-state index contributed by atoms with van der Waals surface area (Å²) in [6.07, 6.45) is -1.55. The maximum absolute atomic E-state index is 16.5. The van der Waals surface area contributed by atoms with E-state index in [9.17, 15) is 17.6 Å². The summed E-state index contributed by atoms with van der Waals surface area (Å²) < 4.78 is 85.3. The molecule has 0 radical (unpaired) electrons. The molecule has 0 saturated carbocycles. The second-order valence-electron chi connectivity index (χ2n) is 11.5. The average molecular weight is 611 g/mol. The molecule has 4 aliphatic heterocycles. The molecule has 0 bridgehead atoms. The number of nitrogens with two attached hydrogens (primary N) is 1. The highest BCUT2D eigenvalue weighted by atomic mass is 35.5. The molecule has 0 unspecified atom stereocenters. The van der Waals surface area contributed by atoms with Gasteiger partial charge in [-0.25, -0.2) is 13.8 Å². The SMILES string of the molecule is Nc1cc(Cl)c(C(F)(F)F)c(-c2nc3c4c(nc(OC[C@@]56CCCN5C[C@H](F)C6)nc4c2F)N2CCC[C@@H]2CCO3)c1. The second kappa shape index (κ2) is 9.94. The maximum Gasteiger partial charge on any atom is 0.418 e. The number of anilines is 2. The largest absolute Gasteiger partial charge is 0.477 e. The van der Waals surface area contributed by atoms with Crippen molar-refractivity contribution in [1.82, 2.24) is 19.9 Å². The van der Waals surface area contributed by atoms with Gasteiger partial charge in [0.15, 0.2) is 5.82 Å². The molecule has 2 aromatic heterocycles. The summed E-state index contributed by atoms with van der Waals surface area (Å²) in [7, 11) is 0. The molecule has 4 aliphatic rings. The van der Waals surface area contributed by atoms with E-state index in [-0.39, 0.29) is 47.7 Å². The molecule has 0 spiro atoms. The first-order valence-corrected chi connectivity index (χ1v) is 14.4. The Kier molecular flexibility index (Phi) is 6.54. The van der Waals surface area contributed by atoms with Gasteiger partial charge in [0.25, 0.3) is 0 Å². The van der Waals surface area contributed by atoms with Crippen molar-refractivity contribution in [2.75, 3.05) is 43.5 Å². The maximum atomic E-state index is 16.5. The Morgan fingerprint density at radius 2 is 1.98 bits per heavy atom. The van der Waals surface area contributed by atoms with Gasteiger partial charge in [-0.15, -0.1) is 0 Å². The quantitative estimate of drug-likeness (QED) is 0.293. The van der Waals surface area contributed by atoms with E-state index >= 15 is 4.39 Å². The van der Waals surface area contributed by atoms with Crippen LogP contribution in [-0.2, 0) is 6.18 Å². The van der Waals surface area contributed by atoms with E-state index in [4.69, 9.17) is 26.8 Å². The van der Waals surface area contributed by atoms with Gasteiger partial charge < -0.3 is 20.1 Å². The molecule has 0 aliphatic carbocycles. The zero-order valence-electron chi connectivity index (χ0n) is 22.5. The molecule has 7 rings (SSSR count). The van der Waals surface area contributed by atoms with E-state index in [1.807, 2.05) is 4.90 Å². The molecule has 3 aromatic rings. The highest BCUT2D eigenvalue weighted by Gasteiger charge is 2.49. The van der Waals surface area contributed by atoms with Gasteiger partial charge in [-0.05, 0) is 44.4 Å². The van der Waals surface area contributed by atoms with Gasteiger partial charge >= 0.3 is 12.2 Å². The number of alkyl halides is 4. The predicted octanol–water partition coefficient (Wildman–Crippen LogP) is 5.79. The molecule has 8 nitrogen and oxygen atoms in total. The zero-order chi connectivity index (χ0) is 29.4. The summed E-state index contributed by atoms with van der Waals surface area (Å²) in [4.78, 5) is 17.4. The molecule has 42 heavy (non-hydrogen) atoms. The third-order valence-electron chi connectivity index (χ3n) is 8.93. The van der Waals surface area contributed by atoms with Crippen molar-refractivity contribution in [3.8, 4) is 23.1 Å². The van der Waals surface area contributed by atoms with Crippen molar-refractivity contribution < 1.29 is 31.4 Å². The lowest BCUT2D eigenvalue weighted by Gasteiger charge is -2.32. The molecule has 3 fully saturated rings. The van der Waals surface area contributed by atoms with Gasteiger partial charge in [0.05, 0.1) is 22.7 Å². The van der Waals surface area contributed by atoms with E-state index in [0.29, 0.717) is 31.7 Å². The summed E-state index contributed by atoms with van der Waals surface area (Å²) in [6.45, 7) is 2.06. The van der Waals surface area contributed by atoms with E-state index in [0.717, 1.165) is 44.4 Å². The molecular formula is C28H28ClF5N6O2. The number of hydrogen-bond donors (Lipinski definition) is 1. The summed E-state index contributed by atoms with van der Waals surface area (Å²) in [5.74, 6) is -0.848. The van der Waals surface area contributed by atoms with E-state index < -0.39 is 45.5 Å². The monoisotopic (exact) mass is 610 g/mol. The number of rotatable bonds is 4. The molecule has 3 saturated heterocycles. The van der Waals surface area contributed by atoms with Gasteiger partial charge in [0.1, 0.15) is 35.2 Å². The number of halogens is 6. The predicted molar refractivity (Wildman–Crippen MR) is 146 cm³/mol. The van der Waals surface area contributed by atoms with Crippen LogP contribution in [0.4, 0.5) is 33.5 Å². The van der Waals surface area contributed by atoms with Gasteiger partial charge in [-0.1, -0.05) is 11.6 Å². The third-order valence-corrected chi connectivity index (χ3v) is 9.23. The number of benzene rings is 1. The van der Waals surface area contributed by atoms with Crippen LogP contribution in [0.5, 0.6) is 11.9 Å². The van der Waals surface area contributed by atoms with Crippen LogP contribution >= 0.6 is 11.6 Å². The number of nitrogens with zero attached hydrogens (tertiary/aromatic N) is 5. The van der Waals surface area contributed by atoms with Crippen LogP contribution in [-0.4, -0.2) is 70.5 Å². The first-order chi connectivity index (χ1) is 20.0. The van der Waals surface area contributed by atoms with Crippen molar-refractivity contribution in [2.24, 2.45) is 0 Å². The summed E-state index contributed by atoms with van der Waals surface area (Å²) >= 11 is 5.98. The third kappa shape index (κ3) is 4.47. The minimum absolute atomic E-state index is 0.0717. The van der Waals surface area contributed by atoms with Crippen LogP contribution in [0.1, 0.15) is 44.1 Å². The smallest absolute Gasteiger partial charge is 0.418 e. The highest BCUT2D eigenvalue weighted by Crippen LogP contribution is 2.47. The summed E-state index contributed by atoms with van der Waals surface area (Å²) in [5, 5.41) is -0.526. The number of hydrogen-bond acceptors (Lipinski definition) is 8. The molecule has 6 heterocycles. The lowest BCUT2D eigenvalue weighted by atomic mass is 9.95. The van der Waals surface area contributed by atoms with Crippen molar-refractivity contribution in [2.45, 2.75) is 62.5 Å². The topological polar surface area (TPSA) is 89.6 Å². The van der Waals surface area contributed by atoms with Crippen LogP contribution in [0, 0.1) is 5.82 Å². The zero-order valence-corrected chi connectivity index (χ0v) is 23.2. The first-order valence-electron chi connectivity index (χ1n) is 14.0. The minimum atomic E-state index is -4.93. The van der Waals surface area contributed by atoms with Crippen molar-refractivity contribution >= 4 is 34.0 Å². The van der Waals surface area contributed by atoms with Crippen molar-refractivity contribution in [3.05, 3.63) is 28.5 Å². The number of aromatic nitrogens is 3. The second-order valence-corrected chi connectivity index (χ2v) is 12.0. The summed E-state index contributed by atoms with van der Waals surface area (Å²) in [5.41, 5.74) is 2.41. The Bertz CT molecular complexity index is 1570. The molecule has 2 N–H and O–H groups in total. The van der Waals surface area contributed by atoms with Crippen LogP contribution in [0.2, 0.25) is 5.02 Å². The van der Waals surface area contributed by atoms with Crippen LogP contribution in [0.3, 0.4) is 0 Å².